The van der Waals surface area contributed by atoms with E-state index in [0.29, 0.717) is 36.4 Å². The van der Waals surface area contributed by atoms with E-state index in [0.717, 1.165) is 45.1 Å². The highest BCUT2D eigenvalue weighted by Crippen LogP contribution is 2.72. The molecular weight excluding hydrogens is 436 g/mol. The van der Waals surface area contributed by atoms with Gasteiger partial charge < -0.3 is 9.47 Å². The Morgan fingerprint density at radius 2 is 2.00 bits per heavy atom. The fourth-order valence-electron chi connectivity index (χ4n) is 8.34. The zero-order valence-corrected chi connectivity index (χ0v) is 19.0. The number of hydrogen-bond donors (Lipinski definition) is 0. The summed E-state index contributed by atoms with van der Waals surface area (Å²) in [6, 6.07) is 0. The van der Waals surface area contributed by atoms with Gasteiger partial charge in [0.25, 0.3) is 0 Å². The normalized spacial score (nSPS) is 50.4. The standard InChI is InChI=1S/C23H31BrO5/c1-13(25)28-11-19(27)18-4-3-16-15-9-20-23(24)10-14(26)5-8-22(23,12-29-20)17(15)6-7-21(16,18)2/h15-18,20H,3-12H2,1-2H3/t15?,16?,17?,18?,20-,21-,22-,23?/m0/s1. The van der Waals surface area contributed by atoms with Crippen LogP contribution >= 0.6 is 15.9 Å². The molecule has 0 N–H and O–H groups in total. The van der Waals surface area contributed by atoms with Crippen molar-refractivity contribution in [3.8, 4) is 0 Å². The van der Waals surface area contributed by atoms with Gasteiger partial charge in [0.2, 0.25) is 0 Å². The number of Topliss-reactive ketones (excluding diaryl/α,β-unsaturated/α-hetero) is 2. The van der Waals surface area contributed by atoms with Crippen LogP contribution in [0.2, 0.25) is 0 Å². The molecule has 0 spiro atoms. The molecule has 0 amide bonds. The van der Waals surface area contributed by atoms with Gasteiger partial charge in [-0.15, -0.1) is 0 Å². The van der Waals surface area contributed by atoms with Gasteiger partial charge in [-0.05, 0) is 61.7 Å². The van der Waals surface area contributed by atoms with Crippen molar-refractivity contribution in [2.45, 2.75) is 75.6 Å². The number of alkyl halides is 1. The molecule has 1 heterocycles. The maximum atomic E-state index is 12.9. The largest absolute Gasteiger partial charge is 0.458 e. The zero-order valence-electron chi connectivity index (χ0n) is 17.4. The summed E-state index contributed by atoms with van der Waals surface area (Å²) in [6.07, 6.45) is 7.44. The van der Waals surface area contributed by atoms with E-state index >= 15 is 0 Å². The van der Waals surface area contributed by atoms with Gasteiger partial charge in [0.05, 0.1) is 17.0 Å². The average Bonchev–Trinajstić information content (AvgIpc) is 3.08. The van der Waals surface area contributed by atoms with Crippen molar-refractivity contribution in [3.05, 3.63) is 0 Å². The number of esters is 1. The third kappa shape index (κ3) is 2.63. The van der Waals surface area contributed by atoms with Crippen molar-refractivity contribution in [3.63, 3.8) is 0 Å². The first kappa shape index (κ1) is 20.2. The molecule has 5 aliphatic rings. The van der Waals surface area contributed by atoms with Crippen molar-refractivity contribution in [1.29, 1.82) is 0 Å². The fourth-order valence-corrected chi connectivity index (χ4v) is 9.58. The van der Waals surface area contributed by atoms with Crippen LogP contribution in [0.1, 0.15) is 65.2 Å². The Balaban J connectivity index is 1.42. The van der Waals surface area contributed by atoms with E-state index in [1.54, 1.807) is 0 Å². The lowest BCUT2D eigenvalue weighted by molar-refractivity contribution is -0.150. The summed E-state index contributed by atoms with van der Waals surface area (Å²) >= 11 is 4.07. The molecule has 0 radical (unpaired) electrons. The van der Waals surface area contributed by atoms with E-state index in [1.807, 2.05) is 0 Å². The van der Waals surface area contributed by atoms with Crippen LogP contribution in [0, 0.1) is 34.5 Å². The smallest absolute Gasteiger partial charge is 0.303 e. The van der Waals surface area contributed by atoms with E-state index in [9.17, 15) is 14.4 Å². The maximum Gasteiger partial charge on any atom is 0.303 e. The minimum absolute atomic E-state index is 0.00698. The van der Waals surface area contributed by atoms with Gasteiger partial charge in [-0.2, -0.15) is 0 Å². The molecule has 29 heavy (non-hydrogen) atoms. The van der Waals surface area contributed by atoms with E-state index in [4.69, 9.17) is 9.47 Å². The second-order valence-electron chi connectivity index (χ2n) is 10.6. The Kier molecular flexibility index (Phi) is 4.61. The van der Waals surface area contributed by atoms with Gasteiger partial charge in [-0.1, -0.05) is 22.9 Å². The molecule has 0 aromatic rings. The summed E-state index contributed by atoms with van der Waals surface area (Å²) in [6.45, 7) is 4.35. The Morgan fingerprint density at radius 1 is 1.21 bits per heavy atom. The molecule has 160 valence electrons. The highest BCUT2D eigenvalue weighted by atomic mass is 79.9. The number of hydrogen-bond acceptors (Lipinski definition) is 5. The van der Waals surface area contributed by atoms with Crippen molar-refractivity contribution < 1.29 is 23.9 Å². The van der Waals surface area contributed by atoms with Gasteiger partial charge in [0.15, 0.2) is 5.78 Å². The topological polar surface area (TPSA) is 69.7 Å². The lowest BCUT2D eigenvalue weighted by atomic mass is 9.44. The number of fused-ring (bicyclic) bond motifs is 3. The fraction of sp³-hybridized carbons (Fsp3) is 0.870. The van der Waals surface area contributed by atoms with Crippen LogP contribution in [0.4, 0.5) is 0 Å². The molecule has 4 aliphatic carbocycles. The molecule has 5 unspecified atom stereocenters. The Bertz CT molecular complexity index is 766. The summed E-state index contributed by atoms with van der Waals surface area (Å²) in [5.41, 5.74) is 0.0565. The lowest BCUT2D eigenvalue weighted by Gasteiger charge is -2.61. The number of rotatable bonds is 3. The molecular formula is C23H31BrO5. The van der Waals surface area contributed by atoms with Gasteiger partial charge >= 0.3 is 5.97 Å². The molecule has 2 bridgehead atoms. The number of halogens is 1. The Hall–Kier alpha value is -0.750. The highest BCUT2D eigenvalue weighted by molar-refractivity contribution is 9.10. The van der Waals surface area contributed by atoms with Crippen LogP contribution in [0.25, 0.3) is 0 Å². The van der Waals surface area contributed by atoms with E-state index in [-0.39, 0.29) is 45.5 Å². The van der Waals surface area contributed by atoms with E-state index in [1.165, 1.54) is 6.92 Å². The highest BCUT2D eigenvalue weighted by Gasteiger charge is 2.72. The summed E-state index contributed by atoms with van der Waals surface area (Å²) < 4.78 is 11.2. The zero-order chi connectivity index (χ0) is 20.6. The molecule has 0 aromatic heterocycles. The minimum atomic E-state index is -0.387. The van der Waals surface area contributed by atoms with Gasteiger partial charge in [-0.25, -0.2) is 0 Å². The van der Waals surface area contributed by atoms with Crippen LogP contribution in [0.15, 0.2) is 0 Å². The van der Waals surface area contributed by atoms with Crippen LogP contribution < -0.4 is 0 Å². The SMILES string of the molecule is CC(=O)OCC(=O)C1CCC2C3C[C@@H]4OC[C@@]5(CCC(=O)CC45Br)C3CC[C@]12C. The first-order valence-corrected chi connectivity index (χ1v) is 12.0. The molecule has 6 heteroatoms. The first-order valence-electron chi connectivity index (χ1n) is 11.2. The third-order valence-electron chi connectivity index (χ3n) is 9.62. The number of ether oxygens (including phenoxy) is 2. The first-order chi connectivity index (χ1) is 13.7. The predicted octanol–water partition coefficient (Wildman–Crippen LogP) is 3.85. The molecule has 0 aromatic carbocycles. The Labute approximate surface area is 180 Å². The van der Waals surface area contributed by atoms with E-state index in [2.05, 4.69) is 22.9 Å². The van der Waals surface area contributed by atoms with Crippen LogP contribution in [-0.4, -0.2) is 41.2 Å². The van der Waals surface area contributed by atoms with Crippen molar-refractivity contribution >= 4 is 33.5 Å². The number of carbonyl (C=O) groups excluding carboxylic acids is 3. The van der Waals surface area contributed by atoms with E-state index < -0.39 is 0 Å². The molecule has 1 saturated heterocycles. The molecule has 8 atom stereocenters. The van der Waals surface area contributed by atoms with Crippen molar-refractivity contribution in [1.82, 2.24) is 0 Å². The quantitative estimate of drug-likeness (QED) is 0.466. The Morgan fingerprint density at radius 3 is 2.76 bits per heavy atom. The molecule has 1 aliphatic heterocycles. The summed E-state index contributed by atoms with van der Waals surface area (Å²) in [4.78, 5) is 36.3. The molecule has 5 fully saturated rings. The maximum absolute atomic E-state index is 12.9. The summed E-state index contributed by atoms with van der Waals surface area (Å²) in [7, 11) is 0. The van der Waals surface area contributed by atoms with Gasteiger partial charge in [-0.3, -0.25) is 14.4 Å². The second kappa shape index (κ2) is 6.62. The molecule has 5 nitrogen and oxygen atoms in total. The molecule has 5 rings (SSSR count). The minimum Gasteiger partial charge on any atom is -0.458 e. The van der Waals surface area contributed by atoms with Crippen LogP contribution in [0.3, 0.4) is 0 Å². The summed E-state index contributed by atoms with van der Waals surface area (Å²) in [5, 5.41) is 0. The van der Waals surface area contributed by atoms with Crippen LogP contribution in [-0.2, 0) is 23.9 Å². The van der Waals surface area contributed by atoms with Crippen LogP contribution in [0.5, 0.6) is 0 Å². The predicted molar refractivity (Wildman–Crippen MR) is 109 cm³/mol. The van der Waals surface area contributed by atoms with Gasteiger partial charge in [0, 0.05) is 31.1 Å². The monoisotopic (exact) mass is 466 g/mol. The number of carbonyl (C=O) groups is 3. The average molecular weight is 467 g/mol. The molecule has 4 saturated carbocycles. The van der Waals surface area contributed by atoms with Gasteiger partial charge in [0.1, 0.15) is 12.4 Å². The second-order valence-corrected chi connectivity index (χ2v) is 12.0. The van der Waals surface area contributed by atoms with Crippen molar-refractivity contribution in [2.24, 2.45) is 34.5 Å². The summed E-state index contributed by atoms with van der Waals surface area (Å²) in [5.74, 6) is 1.71. The van der Waals surface area contributed by atoms with Crippen molar-refractivity contribution in [2.75, 3.05) is 13.2 Å². The lowest BCUT2D eigenvalue weighted by Crippen LogP contribution is -2.63. The third-order valence-corrected chi connectivity index (χ3v) is 11.2. The number of ketones is 2.